The highest BCUT2D eigenvalue weighted by Crippen LogP contribution is 2.30. The number of rotatable bonds is 5. The summed E-state index contributed by atoms with van der Waals surface area (Å²) in [6.45, 7) is 0.0517. The summed E-state index contributed by atoms with van der Waals surface area (Å²) in [4.78, 5) is 14.4. The van der Waals surface area contributed by atoms with Crippen LogP contribution in [0.1, 0.15) is 19.3 Å². The van der Waals surface area contributed by atoms with Gasteiger partial charge in [-0.05, 0) is 37.9 Å². The maximum Gasteiger partial charge on any atom is 0.422 e. The van der Waals surface area contributed by atoms with E-state index >= 15 is 0 Å². The molecule has 0 radical (unpaired) electrons. The molecule has 0 spiro atoms. The molecule has 1 amide bonds. The summed E-state index contributed by atoms with van der Waals surface area (Å²) in [6, 6.07) is 6.46. The van der Waals surface area contributed by atoms with E-state index < -0.39 is 12.8 Å². The first-order chi connectivity index (χ1) is 11.9. The third-order valence-corrected chi connectivity index (χ3v) is 4.53. The second-order valence-corrected chi connectivity index (χ2v) is 6.32. The number of nitrogens with one attached hydrogen (secondary N) is 1. The van der Waals surface area contributed by atoms with Gasteiger partial charge in [-0.1, -0.05) is 12.1 Å². The van der Waals surface area contributed by atoms with E-state index in [9.17, 15) is 18.0 Å². The van der Waals surface area contributed by atoms with Gasteiger partial charge < -0.3 is 19.7 Å². The fourth-order valence-corrected chi connectivity index (χ4v) is 3.45. The van der Waals surface area contributed by atoms with E-state index in [0.29, 0.717) is 0 Å². The standard InChI is InChI=1S/C17H21F3N2O3/c18-17(19,20)11-25-15-4-2-1-3-14(15)24-10-16(23)22-12-5-6-13(22)9-21-8-7-12/h1-4,12-13,21H,5-11H2. The lowest BCUT2D eigenvalue weighted by molar-refractivity contribution is -0.153. The number of fused-ring (bicyclic) bond motifs is 2. The number of amides is 1. The number of hydrogen-bond acceptors (Lipinski definition) is 4. The molecule has 2 bridgehead atoms. The molecule has 2 saturated heterocycles. The Labute approximate surface area is 144 Å². The van der Waals surface area contributed by atoms with Gasteiger partial charge in [0.1, 0.15) is 0 Å². The van der Waals surface area contributed by atoms with Crippen LogP contribution >= 0.6 is 0 Å². The highest BCUT2D eigenvalue weighted by molar-refractivity contribution is 5.79. The zero-order valence-electron chi connectivity index (χ0n) is 13.7. The van der Waals surface area contributed by atoms with Crippen LogP contribution in [0, 0.1) is 0 Å². The van der Waals surface area contributed by atoms with Gasteiger partial charge in [0.05, 0.1) is 0 Å². The van der Waals surface area contributed by atoms with Crippen molar-refractivity contribution >= 4 is 5.91 Å². The van der Waals surface area contributed by atoms with E-state index in [2.05, 4.69) is 5.32 Å². The molecule has 2 fully saturated rings. The van der Waals surface area contributed by atoms with E-state index in [0.717, 1.165) is 32.4 Å². The highest BCUT2D eigenvalue weighted by atomic mass is 19.4. The van der Waals surface area contributed by atoms with E-state index in [-0.39, 0.29) is 36.1 Å². The zero-order chi connectivity index (χ0) is 17.9. The first-order valence-electron chi connectivity index (χ1n) is 8.37. The van der Waals surface area contributed by atoms with Crippen LogP contribution < -0.4 is 14.8 Å². The Kier molecular flexibility index (Phi) is 5.36. The number of alkyl halides is 3. The van der Waals surface area contributed by atoms with Gasteiger partial charge in [0.25, 0.3) is 5.91 Å². The molecule has 8 heteroatoms. The summed E-state index contributed by atoms with van der Waals surface area (Å²) in [6.07, 6.45) is -1.56. The Morgan fingerprint density at radius 3 is 2.52 bits per heavy atom. The molecule has 2 aliphatic rings. The van der Waals surface area contributed by atoms with Crippen LogP contribution in [0.4, 0.5) is 13.2 Å². The topological polar surface area (TPSA) is 50.8 Å². The summed E-state index contributed by atoms with van der Waals surface area (Å²) >= 11 is 0. The number of benzene rings is 1. The minimum Gasteiger partial charge on any atom is -0.480 e. The third-order valence-electron chi connectivity index (χ3n) is 4.53. The predicted molar refractivity (Wildman–Crippen MR) is 84.6 cm³/mol. The summed E-state index contributed by atoms with van der Waals surface area (Å²) in [5, 5.41) is 3.32. The molecule has 5 nitrogen and oxygen atoms in total. The lowest BCUT2D eigenvalue weighted by Crippen LogP contribution is -2.44. The van der Waals surface area contributed by atoms with Crippen LogP contribution in [-0.4, -0.2) is 55.4 Å². The van der Waals surface area contributed by atoms with Gasteiger partial charge in [-0.15, -0.1) is 0 Å². The van der Waals surface area contributed by atoms with Gasteiger partial charge in [-0.25, -0.2) is 0 Å². The van der Waals surface area contributed by atoms with Crippen LogP contribution in [0.2, 0.25) is 0 Å². The Morgan fingerprint density at radius 2 is 1.80 bits per heavy atom. The van der Waals surface area contributed by atoms with Gasteiger partial charge in [-0.3, -0.25) is 4.79 Å². The predicted octanol–water partition coefficient (Wildman–Crippen LogP) is 2.36. The average molecular weight is 358 g/mol. The summed E-state index contributed by atoms with van der Waals surface area (Å²) in [5.41, 5.74) is 0. The number of nitrogens with zero attached hydrogens (tertiary/aromatic N) is 1. The van der Waals surface area contributed by atoms with Crippen molar-refractivity contribution in [2.24, 2.45) is 0 Å². The van der Waals surface area contributed by atoms with E-state index in [1.54, 1.807) is 12.1 Å². The molecule has 1 aromatic carbocycles. The van der Waals surface area contributed by atoms with Crippen LogP contribution in [-0.2, 0) is 4.79 Å². The van der Waals surface area contributed by atoms with Crippen molar-refractivity contribution in [3.63, 3.8) is 0 Å². The summed E-state index contributed by atoms with van der Waals surface area (Å²) < 4.78 is 47.2. The molecule has 1 N–H and O–H groups in total. The van der Waals surface area contributed by atoms with Gasteiger partial charge >= 0.3 is 6.18 Å². The minimum absolute atomic E-state index is 0.0203. The van der Waals surface area contributed by atoms with Crippen molar-refractivity contribution in [2.75, 3.05) is 26.3 Å². The first kappa shape index (κ1) is 17.8. The number of halogens is 3. The number of ether oxygens (including phenoxy) is 2. The van der Waals surface area contributed by atoms with Gasteiger partial charge in [0.2, 0.25) is 0 Å². The van der Waals surface area contributed by atoms with Crippen molar-refractivity contribution in [1.82, 2.24) is 10.2 Å². The summed E-state index contributed by atoms with van der Waals surface area (Å²) in [7, 11) is 0. The average Bonchev–Trinajstić information content (AvgIpc) is 2.83. The van der Waals surface area contributed by atoms with Crippen LogP contribution in [0.25, 0.3) is 0 Å². The van der Waals surface area contributed by atoms with Gasteiger partial charge in [0, 0.05) is 18.6 Å². The van der Waals surface area contributed by atoms with Crippen LogP contribution in [0.15, 0.2) is 24.3 Å². The highest BCUT2D eigenvalue weighted by Gasteiger charge is 2.38. The first-order valence-corrected chi connectivity index (χ1v) is 8.37. The SMILES string of the molecule is O=C(COc1ccccc1OCC(F)(F)F)N1C2CCNCC1CC2. The molecule has 3 rings (SSSR count). The second kappa shape index (κ2) is 7.51. The number of carbonyl (C=O) groups excluding carboxylic acids is 1. The number of para-hydroxylation sites is 2. The molecule has 25 heavy (non-hydrogen) atoms. The molecule has 138 valence electrons. The Hall–Kier alpha value is -1.96. The van der Waals surface area contributed by atoms with Crippen LogP contribution in [0.3, 0.4) is 0 Å². The number of hydrogen-bond donors (Lipinski definition) is 1. The van der Waals surface area contributed by atoms with E-state index in [1.165, 1.54) is 12.1 Å². The van der Waals surface area contributed by atoms with Gasteiger partial charge in [0.15, 0.2) is 24.7 Å². The van der Waals surface area contributed by atoms with Crippen molar-refractivity contribution < 1.29 is 27.4 Å². The second-order valence-electron chi connectivity index (χ2n) is 6.32. The third kappa shape index (κ3) is 4.56. The lowest BCUT2D eigenvalue weighted by atomic mass is 10.1. The van der Waals surface area contributed by atoms with Crippen molar-refractivity contribution in [2.45, 2.75) is 37.5 Å². The molecular formula is C17H21F3N2O3. The van der Waals surface area contributed by atoms with Crippen LogP contribution in [0.5, 0.6) is 11.5 Å². The Balaban J connectivity index is 1.61. The lowest BCUT2D eigenvalue weighted by Gasteiger charge is -2.28. The molecule has 0 aliphatic carbocycles. The molecule has 1 aromatic rings. The van der Waals surface area contributed by atoms with Crippen molar-refractivity contribution in [3.05, 3.63) is 24.3 Å². The summed E-state index contributed by atoms with van der Waals surface area (Å²) in [5.74, 6) is -0.0182. The smallest absolute Gasteiger partial charge is 0.422 e. The molecule has 0 aromatic heterocycles. The van der Waals surface area contributed by atoms with E-state index in [4.69, 9.17) is 9.47 Å². The van der Waals surface area contributed by atoms with Gasteiger partial charge in [-0.2, -0.15) is 13.2 Å². The quantitative estimate of drug-likeness (QED) is 0.878. The Morgan fingerprint density at radius 1 is 1.12 bits per heavy atom. The fraction of sp³-hybridized carbons (Fsp3) is 0.588. The Bertz CT molecular complexity index is 595. The molecule has 2 atom stereocenters. The molecular weight excluding hydrogens is 337 g/mol. The normalized spacial score (nSPS) is 23.2. The molecule has 0 saturated carbocycles. The zero-order valence-corrected chi connectivity index (χ0v) is 13.7. The maximum atomic E-state index is 12.6. The molecule has 2 unspecified atom stereocenters. The molecule has 2 aliphatic heterocycles. The molecule has 2 heterocycles. The number of carbonyl (C=O) groups is 1. The largest absolute Gasteiger partial charge is 0.480 e. The minimum atomic E-state index is -4.43. The van der Waals surface area contributed by atoms with Crippen molar-refractivity contribution in [1.29, 1.82) is 0 Å². The maximum absolute atomic E-state index is 12.6. The monoisotopic (exact) mass is 358 g/mol. The fourth-order valence-electron chi connectivity index (χ4n) is 3.45. The van der Waals surface area contributed by atoms with Crippen molar-refractivity contribution in [3.8, 4) is 11.5 Å². The van der Waals surface area contributed by atoms with E-state index in [1.807, 2.05) is 4.90 Å².